The molecule has 2 heteroatoms. The Morgan fingerprint density at radius 2 is 2.15 bits per heavy atom. The molecule has 0 aromatic heterocycles. The minimum Gasteiger partial charge on any atom is -0.103 e. The molecule has 1 radical (unpaired) electrons. The molecular formula is C11H14BrSi. The van der Waals surface area contributed by atoms with E-state index in [1.165, 1.54) is 15.2 Å². The van der Waals surface area contributed by atoms with Crippen LogP contribution in [-0.4, -0.2) is 8.80 Å². The Hall–Kier alpha value is -0.343. The molecule has 1 rings (SSSR count). The quantitative estimate of drug-likeness (QED) is 0.574. The van der Waals surface area contributed by atoms with Crippen molar-refractivity contribution in [2.45, 2.75) is 19.5 Å². The second kappa shape index (κ2) is 4.77. The monoisotopic (exact) mass is 253 g/mol. The molecule has 0 bridgehead atoms. The molecule has 0 nitrogen and oxygen atoms in total. The van der Waals surface area contributed by atoms with Crippen molar-refractivity contribution in [3.8, 4) is 0 Å². The molecule has 0 saturated carbocycles. The molecule has 1 aromatic carbocycles. The van der Waals surface area contributed by atoms with Gasteiger partial charge in [0.25, 0.3) is 0 Å². The number of halogens is 1. The Balaban J connectivity index is 3.10. The first-order chi connectivity index (χ1) is 6.15. The predicted octanol–water partition coefficient (Wildman–Crippen LogP) is 3.14. The SMILES string of the molecule is C=CCc1ccc(Br)cc1[Si](C)C. The van der Waals surface area contributed by atoms with Gasteiger partial charge in [0.2, 0.25) is 0 Å². The first-order valence-electron chi connectivity index (χ1n) is 4.35. The molecule has 0 aliphatic carbocycles. The predicted molar refractivity (Wildman–Crippen MR) is 65.2 cm³/mol. The summed E-state index contributed by atoms with van der Waals surface area (Å²) in [5, 5.41) is 1.51. The van der Waals surface area contributed by atoms with Gasteiger partial charge in [0.1, 0.15) is 0 Å². The van der Waals surface area contributed by atoms with Crippen molar-refractivity contribution in [3.05, 3.63) is 40.9 Å². The third kappa shape index (κ3) is 2.81. The number of rotatable bonds is 3. The molecule has 1 aromatic rings. The van der Waals surface area contributed by atoms with Gasteiger partial charge in [0, 0.05) is 4.47 Å². The van der Waals surface area contributed by atoms with Crippen LogP contribution >= 0.6 is 15.9 Å². The van der Waals surface area contributed by atoms with E-state index >= 15 is 0 Å². The molecule has 0 unspecified atom stereocenters. The average molecular weight is 254 g/mol. The maximum atomic E-state index is 3.78. The molecule has 69 valence electrons. The van der Waals surface area contributed by atoms with Gasteiger partial charge in [-0.25, -0.2) is 0 Å². The van der Waals surface area contributed by atoms with E-state index in [0.29, 0.717) is 0 Å². The van der Waals surface area contributed by atoms with Crippen LogP contribution in [0.15, 0.2) is 35.3 Å². The van der Waals surface area contributed by atoms with Crippen LogP contribution in [0.5, 0.6) is 0 Å². The summed E-state index contributed by atoms with van der Waals surface area (Å²) in [6.07, 6.45) is 2.95. The van der Waals surface area contributed by atoms with Gasteiger partial charge in [0.15, 0.2) is 0 Å². The maximum Gasteiger partial charge on any atom is 0.0795 e. The second-order valence-corrected chi connectivity index (χ2v) is 6.75. The van der Waals surface area contributed by atoms with E-state index < -0.39 is 0 Å². The standard InChI is InChI=1S/C11H14BrSi/c1-4-5-9-6-7-10(12)8-11(9)13(2)3/h4,6-8H,1,5H2,2-3H3. The van der Waals surface area contributed by atoms with Crippen LogP contribution in [0.25, 0.3) is 0 Å². The smallest absolute Gasteiger partial charge is 0.0795 e. The highest BCUT2D eigenvalue weighted by Gasteiger charge is 2.06. The highest BCUT2D eigenvalue weighted by molar-refractivity contribution is 9.10. The van der Waals surface area contributed by atoms with Crippen LogP contribution in [0.3, 0.4) is 0 Å². The van der Waals surface area contributed by atoms with Crippen molar-refractivity contribution in [1.29, 1.82) is 0 Å². The highest BCUT2D eigenvalue weighted by Crippen LogP contribution is 2.10. The molecule has 0 heterocycles. The third-order valence-corrected chi connectivity index (χ3v) is 4.01. The molecule has 0 spiro atoms. The molecule has 0 fully saturated rings. The summed E-state index contributed by atoms with van der Waals surface area (Å²) in [5.74, 6) is 0. The van der Waals surface area contributed by atoms with E-state index in [1.807, 2.05) is 6.08 Å². The summed E-state index contributed by atoms with van der Waals surface area (Å²) >= 11 is 3.51. The summed E-state index contributed by atoms with van der Waals surface area (Å²) in [4.78, 5) is 0. The van der Waals surface area contributed by atoms with Crippen molar-refractivity contribution in [3.63, 3.8) is 0 Å². The first kappa shape index (κ1) is 10.7. The van der Waals surface area contributed by atoms with Crippen LogP contribution in [0.2, 0.25) is 13.1 Å². The molecule has 0 saturated heterocycles. The van der Waals surface area contributed by atoms with Crippen molar-refractivity contribution < 1.29 is 0 Å². The maximum absolute atomic E-state index is 3.78. The Morgan fingerprint density at radius 3 is 2.69 bits per heavy atom. The minimum atomic E-state index is -0.364. The van der Waals surface area contributed by atoms with Crippen LogP contribution in [0.1, 0.15) is 5.56 Å². The molecule has 0 amide bonds. The third-order valence-electron chi connectivity index (χ3n) is 1.97. The zero-order chi connectivity index (χ0) is 9.84. The van der Waals surface area contributed by atoms with E-state index in [2.05, 4.69) is 53.8 Å². The summed E-state index contributed by atoms with van der Waals surface area (Å²) in [7, 11) is -0.364. The van der Waals surface area contributed by atoms with Gasteiger partial charge in [0.05, 0.1) is 8.80 Å². The van der Waals surface area contributed by atoms with Crippen molar-refractivity contribution >= 4 is 29.9 Å². The lowest BCUT2D eigenvalue weighted by Gasteiger charge is -2.10. The lowest BCUT2D eigenvalue weighted by atomic mass is 10.1. The number of hydrogen-bond donors (Lipinski definition) is 0. The van der Waals surface area contributed by atoms with E-state index in [-0.39, 0.29) is 8.80 Å². The van der Waals surface area contributed by atoms with Gasteiger partial charge < -0.3 is 0 Å². The van der Waals surface area contributed by atoms with Crippen LogP contribution in [0, 0.1) is 0 Å². The fourth-order valence-corrected chi connectivity index (χ4v) is 3.19. The van der Waals surface area contributed by atoms with Gasteiger partial charge in [-0.3, -0.25) is 0 Å². The van der Waals surface area contributed by atoms with Crippen LogP contribution < -0.4 is 5.19 Å². The van der Waals surface area contributed by atoms with E-state index in [1.54, 1.807) is 0 Å². The van der Waals surface area contributed by atoms with Gasteiger partial charge in [-0.1, -0.05) is 46.4 Å². The lowest BCUT2D eigenvalue weighted by molar-refractivity contribution is 1.29. The van der Waals surface area contributed by atoms with E-state index in [0.717, 1.165) is 6.42 Å². The van der Waals surface area contributed by atoms with E-state index in [9.17, 15) is 0 Å². The minimum absolute atomic E-state index is 0.364. The average Bonchev–Trinajstić information content (AvgIpc) is 2.08. The summed E-state index contributed by atoms with van der Waals surface area (Å²) in [6.45, 7) is 8.42. The van der Waals surface area contributed by atoms with Crippen molar-refractivity contribution in [1.82, 2.24) is 0 Å². The molecule has 0 aliphatic rings. The molecule has 0 aliphatic heterocycles. The van der Waals surface area contributed by atoms with E-state index in [4.69, 9.17) is 0 Å². The summed E-state index contributed by atoms with van der Waals surface area (Å²) in [5.41, 5.74) is 1.43. The van der Waals surface area contributed by atoms with Gasteiger partial charge in [-0.2, -0.15) is 0 Å². The largest absolute Gasteiger partial charge is 0.103 e. The highest BCUT2D eigenvalue weighted by atomic mass is 79.9. The molecule has 0 N–H and O–H groups in total. The van der Waals surface area contributed by atoms with Crippen LogP contribution in [-0.2, 0) is 6.42 Å². The first-order valence-corrected chi connectivity index (χ1v) is 7.64. The number of benzene rings is 1. The summed E-state index contributed by atoms with van der Waals surface area (Å²) < 4.78 is 1.18. The normalized spacial score (nSPS) is 10.5. The topological polar surface area (TPSA) is 0 Å². The van der Waals surface area contributed by atoms with Gasteiger partial charge in [-0.15, -0.1) is 6.58 Å². The second-order valence-electron chi connectivity index (χ2n) is 3.29. The van der Waals surface area contributed by atoms with Gasteiger partial charge >= 0.3 is 0 Å². The number of hydrogen-bond acceptors (Lipinski definition) is 0. The zero-order valence-corrected chi connectivity index (χ0v) is 10.7. The van der Waals surface area contributed by atoms with Crippen molar-refractivity contribution in [2.75, 3.05) is 0 Å². The molecule has 0 atom stereocenters. The molecular weight excluding hydrogens is 240 g/mol. The number of allylic oxidation sites excluding steroid dienone is 1. The lowest BCUT2D eigenvalue weighted by Crippen LogP contribution is -2.26. The fourth-order valence-electron chi connectivity index (χ4n) is 1.35. The Labute approximate surface area is 90.4 Å². The van der Waals surface area contributed by atoms with Gasteiger partial charge in [-0.05, 0) is 24.1 Å². The summed E-state index contributed by atoms with van der Waals surface area (Å²) in [6, 6.07) is 6.54. The Kier molecular flexibility index (Phi) is 3.94. The zero-order valence-electron chi connectivity index (χ0n) is 8.10. The fraction of sp³-hybridized carbons (Fsp3) is 0.273. The Morgan fingerprint density at radius 1 is 1.46 bits per heavy atom. The molecule has 13 heavy (non-hydrogen) atoms. The Bertz CT molecular complexity index is 305. The van der Waals surface area contributed by atoms with Crippen LogP contribution in [0.4, 0.5) is 0 Å². The van der Waals surface area contributed by atoms with Crippen molar-refractivity contribution in [2.24, 2.45) is 0 Å².